The monoisotopic (exact) mass is 316 g/mol. The zero-order valence-corrected chi connectivity index (χ0v) is 12.4. The molecular weight excluding hydrogens is 296 g/mol. The van der Waals surface area contributed by atoms with Gasteiger partial charge >= 0.3 is 23.9 Å². The molecule has 8 nitrogen and oxygen atoms in total. The van der Waals surface area contributed by atoms with Crippen LogP contribution in [-0.2, 0) is 19.2 Å². The number of aliphatic carboxylic acids is 4. The molecule has 0 saturated carbocycles. The van der Waals surface area contributed by atoms with Crippen LogP contribution < -0.4 is 0 Å². The van der Waals surface area contributed by atoms with E-state index in [-0.39, 0.29) is 24.8 Å². The van der Waals surface area contributed by atoms with Gasteiger partial charge in [-0.3, -0.25) is 9.59 Å². The van der Waals surface area contributed by atoms with Crippen LogP contribution in [0.1, 0.15) is 39.5 Å². The summed E-state index contributed by atoms with van der Waals surface area (Å²) in [6, 6.07) is 0. The van der Waals surface area contributed by atoms with Gasteiger partial charge in [0.25, 0.3) is 0 Å². The van der Waals surface area contributed by atoms with Crippen molar-refractivity contribution in [2.24, 2.45) is 5.92 Å². The fourth-order valence-corrected chi connectivity index (χ4v) is 1.26. The molecule has 0 amide bonds. The zero-order chi connectivity index (χ0) is 17.7. The number of hydrogen-bond acceptors (Lipinski definition) is 4. The first-order valence-corrected chi connectivity index (χ1v) is 6.51. The van der Waals surface area contributed by atoms with Gasteiger partial charge in [-0.25, -0.2) is 9.59 Å². The lowest BCUT2D eigenvalue weighted by atomic mass is 10.0. The molecule has 0 rings (SSSR count). The summed E-state index contributed by atoms with van der Waals surface area (Å²) in [7, 11) is 0. The highest BCUT2D eigenvalue weighted by atomic mass is 16.4. The van der Waals surface area contributed by atoms with Gasteiger partial charge < -0.3 is 20.4 Å². The van der Waals surface area contributed by atoms with Gasteiger partial charge in [0.15, 0.2) is 0 Å². The summed E-state index contributed by atoms with van der Waals surface area (Å²) >= 11 is 0. The normalized spacial score (nSPS) is 10.3. The lowest BCUT2D eigenvalue weighted by Gasteiger charge is -2.05. The molecule has 8 heteroatoms. The van der Waals surface area contributed by atoms with E-state index < -0.39 is 29.8 Å². The van der Waals surface area contributed by atoms with Gasteiger partial charge in [-0.2, -0.15) is 0 Å². The van der Waals surface area contributed by atoms with Crippen LogP contribution >= 0.6 is 0 Å². The van der Waals surface area contributed by atoms with Gasteiger partial charge in [0.2, 0.25) is 0 Å². The van der Waals surface area contributed by atoms with Crippen molar-refractivity contribution in [1.29, 1.82) is 0 Å². The molecule has 4 N–H and O–H groups in total. The topological polar surface area (TPSA) is 149 Å². The summed E-state index contributed by atoms with van der Waals surface area (Å²) in [6.45, 7) is 3.35. The van der Waals surface area contributed by atoms with Crippen molar-refractivity contribution in [2.45, 2.75) is 39.5 Å². The van der Waals surface area contributed by atoms with E-state index in [1.54, 1.807) is 13.8 Å². The van der Waals surface area contributed by atoms with Crippen LogP contribution in [0, 0.1) is 5.92 Å². The highest BCUT2D eigenvalue weighted by Gasteiger charge is 2.15. The van der Waals surface area contributed by atoms with E-state index in [9.17, 15) is 19.2 Å². The summed E-state index contributed by atoms with van der Waals surface area (Å²) in [5.41, 5.74) is 2.13. The summed E-state index contributed by atoms with van der Waals surface area (Å²) in [6.07, 6.45) is 1.60. The molecule has 0 aromatic carbocycles. The zero-order valence-electron chi connectivity index (χ0n) is 12.4. The Labute approximate surface area is 127 Å². The summed E-state index contributed by atoms with van der Waals surface area (Å²) in [4.78, 5) is 40.5. The van der Waals surface area contributed by atoms with E-state index in [1.165, 1.54) is 0 Å². The first-order valence-electron chi connectivity index (χ1n) is 6.51. The van der Waals surface area contributed by atoms with E-state index in [2.05, 4.69) is 5.73 Å². The van der Waals surface area contributed by atoms with Crippen molar-refractivity contribution in [3.05, 3.63) is 17.4 Å². The fourth-order valence-electron chi connectivity index (χ4n) is 1.26. The van der Waals surface area contributed by atoms with Gasteiger partial charge in [0, 0.05) is 6.42 Å². The van der Waals surface area contributed by atoms with Crippen LogP contribution in [0.2, 0.25) is 0 Å². The SMILES string of the molecule is CCC(=C=CC(=O)O)C(=O)O.CCC(CCC(=O)O)C(=O)O. The minimum absolute atomic E-state index is 0.0348. The Morgan fingerprint density at radius 3 is 1.86 bits per heavy atom. The lowest BCUT2D eigenvalue weighted by Crippen LogP contribution is -2.13. The van der Waals surface area contributed by atoms with Gasteiger partial charge in [0.1, 0.15) is 0 Å². The Bertz CT molecular complexity index is 471. The van der Waals surface area contributed by atoms with E-state index in [0.717, 1.165) is 0 Å². The number of carboxylic acid groups (broad SMARTS) is 4. The van der Waals surface area contributed by atoms with Crippen molar-refractivity contribution < 1.29 is 39.6 Å². The maximum Gasteiger partial charge on any atom is 0.339 e. The average Bonchev–Trinajstić information content (AvgIpc) is 2.39. The molecular formula is C14H20O8. The molecule has 1 unspecified atom stereocenters. The maximum absolute atomic E-state index is 10.4. The molecule has 0 aliphatic heterocycles. The molecule has 0 heterocycles. The summed E-state index contributed by atoms with van der Waals surface area (Å²) < 4.78 is 0. The Morgan fingerprint density at radius 1 is 1.05 bits per heavy atom. The summed E-state index contributed by atoms with van der Waals surface area (Å²) in [5, 5.41) is 33.2. The van der Waals surface area contributed by atoms with Crippen molar-refractivity contribution in [2.75, 3.05) is 0 Å². The number of carboxylic acids is 4. The molecule has 0 bridgehead atoms. The van der Waals surface area contributed by atoms with Gasteiger partial charge in [0.05, 0.1) is 17.6 Å². The smallest absolute Gasteiger partial charge is 0.339 e. The van der Waals surface area contributed by atoms with Crippen molar-refractivity contribution in [3.8, 4) is 0 Å². The number of rotatable bonds is 8. The second-order valence-corrected chi connectivity index (χ2v) is 4.14. The molecule has 0 aromatic rings. The number of hydrogen-bond donors (Lipinski definition) is 4. The quantitative estimate of drug-likeness (QED) is 0.389. The first kappa shape index (κ1) is 21.7. The molecule has 124 valence electrons. The number of carbonyl (C=O) groups is 4. The third-order valence-electron chi connectivity index (χ3n) is 2.53. The molecule has 0 radical (unpaired) electrons. The van der Waals surface area contributed by atoms with Gasteiger partial charge in [-0.05, 0) is 19.3 Å². The van der Waals surface area contributed by atoms with Crippen molar-refractivity contribution >= 4 is 23.9 Å². The van der Waals surface area contributed by atoms with Crippen molar-refractivity contribution in [1.82, 2.24) is 0 Å². The van der Waals surface area contributed by atoms with E-state index >= 15 is 0 Å². The average molecular weight is 316 g/mol. The van der Waals surface area contributed by atoms with Crippen LogP contribution in [0.5, 0.6) is 0 Å². The molecule has 0 aromatic heterocycles. The lowest BCUT2D eigenvalue weighted by molar-refractivity contribution is -0.143. The van der Waals surface area contributed by atoms with Crippen LogP contribution in [0.25, 0.3) is 0 Å². The first-order chi connectivity index (χ1) is 10.1. The maximum atomic E-state index is 10.4. The van der Waals surface area contributed by atoms with Crippen LogP contribution in [-0.4, -0.2) is 44.3 Å². The Hall–Kier alpha value is -2.60. The Kier molecular flexibility index (Phi) is 12.0. The van der Waals surface area contributed by atoms with E-state index in [0.29, 0.717) is 12.5 Å². The van der Waals surface area contributed by atoms with Crippen molar-refractivity contribution in [3.63, 3.8) is 0 Å². The van der Waals surface area contributed by atoms with Crippen LogP contribution in [0.15, 0.2) is 17.4 Å². The van der Waals surface area contributed by atoms with E-state index in [1.807, 2.05) is 0 Å². The molecule has 0 saturated heterocycles. The molecule has 1 atom stereocenters. The largest absolute Gasteiger partial charge is 0.481 e. The molecule has 0 spiro atoms. The Balaban J connectivity index is 0. The highest BCUT2D eigenvalue weighted by molar-refractivity contribution is 5.88. The third kappa shape index (κ3) is 12.4. The second kappa shape index (κ2) is 12.2. The van der Waals surface area contributed by atoms with Crippen LogP contribution in [0.4, 0.5) is 0 Å². The highest BCUT2D eigenvalue weighted by Crippen LogP contribution is 2.10. The molecule has 0 fully saturated rings. The molecule has 22 heavy (non-hydrogen) atoms. The molecule has 0 aliphatic carbocycles. The summed E-state index contributed by atoms with van der Waals surface area (Å²) in [5.74, 6) is -4.69. The van der Waals surface area contributed by atoms with Gasteiger partial charge in [-0.1, -0.05) is 13.8 Å². The predicted octanol–water partition coefficient (Wildman–Crippen LogP) is 1.61. The fraction of sp³-hybridized carbons (Fsp3) is 0.500. The second-order valence-electron chi connectivity index (χ2n) is 4.14. The molecule has 0 aliphatic rings. The standard InChI is InChI=1S/C7H12O4.C7H8O4/c2*1-2-5(7(10)11)3-4-6(8)9/h5H,2-4H2,1H3,(H,8,9)(H,10,11);4H,2H2,1H3,(H,8,9)(H,10,11). The minimum Gasteiger partial charge on any atom is -0.481 e. The minimum atomic E-state index is -1.20. The Morgan fingerprint density at radius 2 is 1.59 bits per heavy atom. The van der Waals surface area contributed by atoms with Crippen LogP contribution in [0.3, 0.4) is 0 Å². The predicted molar refractivity (Wildman–Crippen MR) is 75.4 cm³/mol. The van der Waals surface area contributed by atoms with Gasteiger partial charge in [-0.15, -0.1) is 5.73 Å². The third-order valence-corrected chi connectivity index (χ3v) is 2.53. The van der Waals surface area contributed by atoms with E-state index in [4.69, 9.17) is 20.4 Å².